The Labute approximate surface area is 164 Å². The van der Waals surface area contributed by atoms with Crippen molar-refractivity contribution in [3.8, 4) is 0 Å². The number of rotatable bonds is 5. The first kappa shape index (κ1) is 19.8. The summed E-state index contributed by atoms with van der Waals surface area (Å²) in [6.45, 7) is 7.02. The molecule has 3 rings (SSSR count). The molecular formula is C21H27N4O3+. The van der Waals surface area contributed by atoms with Gasteiger partial charge in [-0.2, -0.15) is 0 Å². The van der Waals surface area contributed by atoms with Gasteiger partial charge in [-0.25, -0.2) is 0 Å². The second-order valence-electron chi connectivity index (χ2n) is 7.29. The number of aromatic nitrogens is 1. The number of para-hydroxylation sites is 1. The van der Waals surface area contributed by atoms with Crippen molar-refractivity contribution in [3.63, 3.8) is 0 Å². The van der Waals surface area contributed by atoms with Gasteiger partial charge in [-0.05, 0) is 31.0 Å². The minimum Gasteiger partial charge on any atom is -0.330 e. The molecule has 148 valence electrons. The van der Waals surface area contributed by atoms with Gasteiger partial charge in [0.15, 0.2) is 6.54 Å². The molecular weight excluding hydrogens is 356 g/mol. The van der Waals surface area contributed by atoms with Gasteiger partial charge in [-0.15, -0.1) is 0 Å². The number of amides is 2. The molecule has 2 aromatic rings. The Hall–Kier alpha value is -2.93. The summed E-state index contributed by atoms with van der Waals surface area (Å²) in [5.74, 6) is -0.0737. The van der Waals surface area contributed by atoms with Crippen molar-refractivity contribution < 1.29 is 14.5 Å². The van der Waals surface area contributed by atoms with Crippen LogP contribution >= 0.6 is 0 Å². The van der Waals surface area contributed by atoms with Gasteiger partial charge >= 0.3 is 0 Å². The van der Waals surface area contributed by atoms with Crippen LogP contribution in [-0.2, 0) is 16.1 Å². The number of nitrogens with zero attached hydrogens (tertiary/aromatic N) is 2. The number of carbonyl (C=O) groups is 2. The van der Waals surface area contributed by atoms with Crippen molar-refractivity contribution in [3.05, 3.63) is 64.1 Å². The molecule has 0 radical (unpaired) electrons. The van der Waals surface area contributed by atoms with Gasteiger partial charge < -0.3 is 19.7 Å². The quantitative estimate of drug-likeness (QED) is 0.753. The molecule has 2 amide bonds. The molecule has 7 heteroatoms. The van der Waals surface area contributed by atoms with E-state index in [1.54, 1.807) is 23.2 Å². The number of pyridine rings is 1. The van der Waals surface area contributed by atoms with Crippen molar-refractivity contribution >= 4 is 17.5 Å². The van der Waals surface area contributed by atoms with E-state index < -0.39 is 0 Å². The first-order valence-electron chi connectivity index (χ1n) is 9.57. The fourth-order valence-corrected chi connectivity index (χ4v) is 3.51. The van der Waals surface area contributed by atoms with Gasteiger partial charge in [0.25, 0.3) is 11.5 Å². The second kappa shape index (κ2) is 8.84. The molecule has 7 nitrogen and oxygen atoms in total. The van der Waals surface area contributed by atoms with Gasteiger partial charge in [0.05, 0.1) is 26.2 Å². The third kappa shape index (κ3) is 4.86. The van der Waals surface area contributed by atoms with Crippen LogP contribution in [0.5, 0.6) is 0 Å². The average molecular weight is 383 g/mol. The van der Waals surface area contributed by atoms with Gasteiger partial charge in [0.2, 0.25) is 5.91 Å². The van der Waals surface area contributed by atoms with Gasteiger partial charge in [0, 0.05) is 18.0 Å². The second-order valence-corrected chi connectivity index (χ2v) is 7.29. The van der Waals surface area contributed by atoms with Crippen LogP contribution in [-0.4, -0.2) is 54.0 Å². The zero-order valence-electron chi connectivity index (χ0n) is 16.4. The number of benzene rings is 1. The molecule has 1 aromatic carbocycles. The molecule has 0 spiro atoms. The standard InChI is InChI=1S/C21H26N4O3/c1-16-6-5-7-17(2)21(16)22-18(26)14-23-10-12-24(13-11-23)20(28)15-25-9-4-3-8-19(25)27/h3-9H,10-15H2,1-2H3,(H,22,26)/p+1. The molecule has 1 aliphatic rings. The maximum absolute atomic E-state index is 12.4. The molecule has 0 unspecified atom stereocenters. The summed E-state index contributed by atoms with van der Waals surface area (Å²) in [6, 6.07) is 10.8. The molecule has 1 fully saturated rings. The van der Waals surface area contributed by atoms with Crippen molar-refractivity contribution in [1.82, 2.24) is 9.47 Å². The predicted octanol–water partition coefficient (Wildman–Crippen LogP) is -0.169. The van der Waals surface area contributed by atoms with Crippen LogP contribution in [0, 0.1) is 13.8 Å². The molecule has 0 bridgehead atoms. The molecule has 28 heavy (non-hydrogen) atoms. The van der Waals surface area contributed by atoms with Crippen molar-refractivity contribution in [2.45, 2.75) is 20.4 Å². The summed E-state index contributed by atoms with van der Waals surface area (Å²) in [6.07, 6.45) is 1.62. The fraction of sp³-hybridized carbons (Fsp3) is 0.381. The Morgan fingerprint density at radius 2 is 1.71 bits per heavy atom. The Morgan fingerprint density at radius 1 is 1.04 bits per heavy atom. The van der Waals surface area contributed by atoms with Crippen LogP contribution in [0.1, 0.15) is 11.1 Å². The molecule has 1 aromatic heterocycles. The van der Waals surface area contributed by atoms with Crippen LogP contribution in [0.2, 0.25) is 0 Å². The van der Waals surface area contributed by atoms with E-state index in [1.807, 2.05) is 32.0 Å². The highest BCUT2D eigenvalue weighted by atomic mass is 16.2. The summed E-state index contributed by atoms with van der Waals surface area (Å²) in [5.41, 5.74) is 2.81. The number of aryl methyl sites for hydroxylation is 2. The maximum Gasteiger partial charge on any atom is 0.279 e. The van der Waals surface area contributed by atoms with Crippen molar-refractivity contribution in [2.24, 2.45) is 0 Å². The molecule has 0 atom stereocenters. The lowest BCUT2D eigenvalue weighted by Gasteiger charge is -2.32. The van der Waals surface area contributed by atoms with E-state index in [0.29, 0.717) is 19.6 Å². The van der Waals surface area contributed by atoms with Crippen LogP contribution in [0.3, 0.4) is 0 Å². The van der Waals surface area contributed by atoms with E-state index in [0.717, 1.165) is 34.8 Å². The van der Waals surface area contributed by atoms with Crippen LogP contribution in [0.25, 0.3) is 0 Å². The zero-order chi connectivity index (χ0) is 20.1. The Kier molecular flexibility index (Phi) is 6.26. The van der Waals surface area contributed by atoms with E-state index in [2.05, 4.69) is 5.32 Å². The smallest absolute Gasteiger partial charge is 0.279 e. The van der Waals surface area contributed by atoms with Gasteiger partial charge in [-0.1, -0.05) is 24.3 Å². The van der Waals surface area contributed by atoms with Crippen LogP contribution in [0.4, 0.5) is 5.69 Å². The molecule has 1 saturated heterocycles. The first-order valence-corrected chi connectivity index (χ1v) is 9.57. The maximum atomic E-state index is 12.4. The fourth-order valence-electron chi connectivity index (χ4n) is 3.51. The van der Waals surface area contributed by atoms with Crippen LogP contribution < -0.4 is 15.8 Å². The number of carbonyl (C=O) groups excluding carboxylic acids is 2. The van der Waals surface area contributed by atoms with E-state index >= 15 is 0 Å². The highest BCUT2D eigenvalue weighted by Crippen LogP contribution is 2.18. The zero-order valence-corrected chi connectivity index (χ0v) is 16.4. The molecule has 0 saturated carbocycles. The molecule has 2 heterocycles. The largest absolute Gasteiger partial charge is 0.330 e. The number of piperazine rings is 1. The van der Waals surface area contributed by atoms with E-state index in [4.69, 9.17) is 0 Å². The minimum atomic E-state index is -0.178. The topological polar surface area (TPSA) is 75.8 Å². The third-order valence-corrected chi connectivity index (χ3v) is 5.18. The summed E-state index contributed by atoms with van der Waals surface area (Å²) in [4.78, 5) is 39.6. The Morgan fingerprint density at radius 3 is 2.36 bits per heavy atom. The summed E-state index contributed by atoms with van der Waals surface area (Å²) in [7, 11) is 0. The summed E-state index contributed by atoms with van der Waals surface area (Å²) < 4.78 is 1.42. The number of hydrogen-bond acceptors (Lipinski definition) is 3. The van der Waals surface area contributed by atoms with Crippen LogP contribution in [0.15, 0.2) is 47.4 Å². The molecule has 0 aliphatic carbocycles. The van der Waals surface area contributed by atoms with Crippen molar-refractivity contribution in [1.29, 1.82) is 0 Å². The highest BCUT2D eigenvalue weighted by molar-refractivity contribution is 5.93. The van der Waals surface area contributed by atoms with E-state index in [-0.39, 0.29) is 23.9 Å². The monoisotopic (exact) mass is 383 g/mol. The minimum absolute atomic E-state index is 0.0111. The number of anilines is 1. The van der Waals surface area contributed by atoms with E-state index in [9.17, 15) is 14.4 Å². The first-order chi connectivity index (χ1) is 13.4. The lowest BCUT2D eigenvalue weighted by atomic mass is 10.1. The number of hydrogen-bond donors (Lipinski definition) is 2. The highest BCUT2D eigenvalue weighted by Gasteiger charge is 2.25. The summed E-state index contributed by atoms with van der Waals surface area (Å²) in [5, 5.41) is 3.02. The lowest BCUT2D eigenvalue weighted by molar-refractivity contribution is -0.895. The molecule has 2 N–H and O–H groups in total. The van der Waals surface area contributed by atoms with E-state index in [1.165, 1.54) is 10.6 Å². The Bertz CT molecular complexity index is 894. The number of nitrogens with one attached hydrogen (secondary N) is 2. The van der Waals surface area contributed by atoms with Crippen molar-refractivity contribution in [2.75, 3.05) is 38.0 Å². The third-order valence-electron chi connectivity index (χ3n) is 5.18. The normalized spacial score (nSPS) is 14.7. The SMILES string of the molecule is Cc1cccc(C)c1NC(=O)C[NH+]1CCN(C(=O)Cn2ccccc2=O)CC1. The van der Waals surface area contributed by atoms with Gasteiger partial charge in [0.1, 0.15) is 6.54 Å². The van der Waals surface area contributed by atoms with Gasteiger partial charge in [-0.3, -0.25) is 14.4 Å². The average Bonchev–Trinajstić information content (AvgIpc) is 2.67. The lowest BCUT2D eigenvalue weighted by Crippen LogP contribution is -3.15. The molecule has 1 aliphatic heterocycles. The predicted molar refractivity (Wildman–Crippen MR) is 107 cm³/mol. The number of quaternary nitrogens is 1. The Balaban J connectivity index is 1.48. The summed E-state index contributed by atoms with van der Waals surface area (Å²) >= 11 is 0.